The normalized spacial score (nSPS) is 12.6. The second-order valence-electron chi connectivity index (χ2n) is 5.02. The van der Waals surface area contributed by atoms with Crippen LogP contribution in [0.25, 0.3) is 5.69 Å². The van der Waals surface area contributed by atoms with E-state index < -0.39 is 0 Å². The molecule has 20 heavy (non-hydrogen) atoms. The van der Waals surface area contributed by atoms with Crippen LogP contribution in [0.1, 0.15) is 20.8 Å². The summed E-state index contributed by atoms with van der Waals surface area (Å²) >= 11 is 0. The van der Waals surface area contributed by atoms with Gasteiger partial charge >= 0.3 is 6.01 Å². The first-order valence-corrected chi connectivity index (χ1v) is 7.05. The van der Waals surface area contributed by atoms with E-state index in [-0.39, 0.29) is 6.10 Å². The summed E-state index contributed by atoms with van der Waals surface area (Å²) in [5.74, 6) is 0.401. The lowest BCUT2D eigenvalue weighted by Gasteiger charge is -2.20. The molecule has 2 aromatic rings. The molecule has 2 rings (SSSR count). The van der Waals surface area contributed by atoms with Crippen LogP contribution in [0.4, 0.5) is 0 Å². The van der Waals surface area contributed by atoms with Crippen molar-refractivity contribution in [3.8, 4) is 11.7 Å². The third-order valence-electron chi connectivity index (χ3n) is 3.09. The van der Waals surface area contributed by atoms with Crippen molar-refractivity contribution in [3.05, 3.63) is 36.7 Å². The summed E-state index contributed by atoms with van der Waals surface area (Å²) in [6, 6.07) is 10.3. The van der Waals surface area contributed by atoms with Crippen LogP contribution in [0.2, 0.25) is 0 Å². The van der Waals surface area contributed by atoms with Crippen molar-refractivity contribution in [2.75, 3.05) is 13.1 Å². The van der Waals surface area contributed by atoms with Crippen molar-refractivity contribution >= 4 is 0 Å². The Balaban J connectivity index is 2.04. The standard InChI is InChI=1S/C15H22N4O/c1-4-16-10-14(12(2)3)20-15-17-11-19(18-15)13-8-6-5-7-9-13/h5-9,11-12,14,16H,4,10H2,1-3H3. The molecule has 0 saturated carbocycles. The number of hydrogen-bond acceptors (Lipinski definition) is 4. The molecule has 1 aromatic heterocycles. The molecule has 0 spiro atoms. The largest absolute Gasteiger partial charge is 0.457 e. The first-order valence-electron chi connectivity index (χ1n) is 7.05. The second-order valence-corrected chi connectivity index (χ2v) is 5.02. The molecule has 1 heterocycles. The Kier molecular flexibility index (Phi) is 5.12. The fraction of sp³-hybridized carbons (Fsp3) is 0.467. The van der Waals surface area contributed by atoms with Gasteiger partial charge in [0.05, 0.1) is 5.69 Å². The predicted octanol–water partition coefficient (Wildman–Crippen LogP) is 2.28. The van der Waals surface area contributed by atoms with Gasteiger partial charge in [-0.2, -0.15) is 4.98 Å². The zero-order chi connectivity index (χ0) is 14.4. The van der Waals surface area contributed by atoms with Gasteiger partial charge < -0.3 is 10.1 Å². The fourth-order valence-electron chi connectivity index (χ4n) is 1.84. The summed E-state index contributed by atoms with van der Waals surface area (Å²) < 4.78 is 7.60. The lowest BCUT2D eigenvalue weighted by Crippen LogP contribution is -2.35. The first-order chi connectivity index (χ1) is 9.70. The minimum atomic E-state index is 0.0709. The van der Waals surface area contributed by atoms with Crippen LogP contribution < -0.4 is 10.1 Å². The minimum Gasteiger partial charge on any atom is -0.457 e. The van der Waals surface area contributed by atoms with Crippen LogP contribution in [0.5, 0.6) is 6.01 Å². The van der Waals surface area contributed by atoms with E-state index in [9.17, 15) is 0 Å². The Bertz CT molecular complexity index is 510. The van der Waals surface area contributed by atoms with Gasteiger partial charge in [0.2, 0.25) is 0 Å². The van der Waals surface area contributed by atoms with E-state index in [2.05, 4.69) is 36.2 Å². The summed E-state index contributed by atoms with van der Waals surface area (Å²) in [6.45, 7) is 8.08. The van der Waals surface area contributed by atoms with Crippen LogP contribution in [-0.4, -0.2) is 34.0 Å². The van der Waals surface area contributed by atoms with Gasteiger partial charge in [0.25, 0.3) is 0 Å². The van der Waals surface area contributed by atoms with Crippen LogP contribution >= 0.6 is 0 Å². The highest BCUT2D eigenvalue weighted by Gasteiger charge is 2.17. The van der Waals surface area contributed by atoms with Crippen molar-refractivity contribution < 1.29 is 4.74 Å². The summed E-state index contributed by atoms with van der Waals surface area (Å²) in [5, 5.41) is 7.67. The SMILES string of the molecule is CCNCC(Oc1ncn(-c2ccccc2)n1)C(C)C. The van der Waals surface area contributed by atoms with E-state index in [0.717, 1.165) is 18.8 Å². The van der Waals surface area contributed by atoms with Crippen LogP contribution in [0.15, 0.2) is 36.7 Å². The predicted molar refractivity (Wildman–Crippen MR) is 79.2 cm³/mol. The molecular weight excluding hydrogens is 252 g/mol. The van der Waals surface area contributed by atoms with E-state index in [4.69, 9.17) is 4.74 Å². The molecule has 0 aliphatic rings. The third-order valence-corrected chi connectivity index (χ3v) is 3.09. The smallest absolute Gasteiger partial charge is 0.336 e. The highest BCUT2D eigenvalue weighted by atomic mass is 16.5. The molecule has 0 aliphatic carbocycles. The maximum Gasteiger partial charge on any atom is 0.336 e. The summed E-state index contributed by atoms with van der Waals surface area (Å²) in [4.78, 5) is 4.22. The molecule has 0 fully saturated rings. The fourth-order valence-corrected chi connectivity index (χ4v) is 1.84. The number of nitrogens with zero attached hydrogens (tertiary/aromatic N) is 3. The van der Waals surface area contributed by atoms with E-state index in [0.29, 0.717) is 11.9 Å². The van der Waals surface area contributed by atoms with Crippen molar-refractivity contribution in [3.63, 3.8) is 0 Å². The van der Waals surface area contributed by atoms with Gasteiger partial charge in [-0.15, -0.1) is 5.10 Å². The number of ether oxygens (including phenoxy) is 1. The summed E-state index contributed by atoms with van der Waals surface area (Å²) in [5.41, 5.74) is 0.975. The van der Waals surface area contributed by atoms with Gasteiger partial charge in [-0.1, -0.05) is 39.0 Å². The molecule has 108 valence electrons. The molecule has 0 amide bonds. The molecule has 5 heteroatoms. The number of rotatable bonds is 7. The topological polar surface area (TPSA) is 52.0 Å². The molecule has 1 atom stereocenters. The Morgan fingerprint density at radius 2 is 2.00 bits per heavy atom. The monoisotopic (exact) mass is 274 g/mol. The van der Waals surface area contributed by atoms with Gasteiger partial charge in [0, 0.05) is 6.54 Å². The number of nitrogens with one attached hydrogen (secondary N) is 1. The van der Waals surface area contributed by atoms with Gasteiger partial charge in [0.1, 0.15) is 12.4 Å². The number of benzene rings is 1. The first kappa shape index (κ1) is 14.5. The average Bonchev–Trinajstić information content (AvgIpc) is 2.92. The van der Waals surface area contributed by atoms with E-state index in [1.54, 1.807) is 11.0 Å². The molecule has 5 nitrogen and oxygen atoms in total. The molecule has 0 saturated heterocycles. The molecule has 0 radical (unpaired) electrons. The Hall–Kier alpha value is -1.88. The highest BCUT2D eigenvalue weighted by Crippen LogP contribution is 2.12. The lowest BCUT2D eigenvalue weighted by molar-refractivity contribution is 0.136. The molecule has 1 aromatic carbocycles. The van der Waals surface area contributed by atoms with Crippen molar-refractivity contribution in [1.82, 2.24) is 20.1 Å². The van der Waals surface area contributed by atoms with Gasteiger partial charge in [-0.3, -0.25) is 0 Å². The maximum atomic E-state index is 5.87. The average molecular weight is 274 g/mol. The molecule has 1 N–H and O–H groups in total. The quantitative estimate of drug-likeness (QED) is 0.841. The zero-order valence-electron chi connectivity index (χ0n) is 12.3. The Morgan fingerprint density at radius 1 is 1.25 bits per heavy atom. The molecule has 1 unspecified atom stereocenters. The summed E-state index contributed by atoms with van der Waals surface area (Å²) in [7, 11) is 0. The second kappa shape index (κ2) is 7.05. The molecular formula is C15H22N4O. The van der Waals surface area contributed by atoms with Crippen LogP contribution in [0.3, 0.4) is 0 Å². The number of likely N-dealkylation sites (N-methyl/N-ethyl adjacent to an activating group) is 1. The number of aromatic nitrogens is 3. The van der Waals surface area contributed by atoms with Crippen LogP contribution in [-0.2, 0) is 0 Å². The number of para-hydroxylation sites is 1. The van der Waals surface area contributed by atoms with Crippen LogP contribution in [0, 0.1) is 5.92 Å². The zero-order valence-corrected chi connectivity index (χ0v) is 12.3. The van der Waals surface area contributed by atoms with Crippen molar-refractivity contribution in [2.45, 2.75) is 26.9 Å². The summed E-state index contributed by atoms with van der Waals surface area (Å²) in [6.07, 6.45) is 1.75. The van der Waals surface area contributed by atoms with Crippen molar-refractivity contribution in [1.29, 1.82) is 0 Å². The lowest BCUT2D eigenvalue weighted by atomic mass is 10.1. The van der Waals surface area contributed by atoms with Crippen molar-refractivity contribution in [2.24, 2.45) is 5.92 Å². The minimum absolute atomic E-state index is 0.0709. The van der Waals surface area contributed by atoms with Gasteiger partial charge in [0.15, 0.2) is 0 Å². The molecule has 0 bridgehead atoms. The van der Waals surface area contributed by atoms with Gasteiger partial charge in [-0.05, 0) is 24.6 Å². The van der Waals surface area contributed by atoms with Gasteiger partial charge in [-0.25, -0.2) is 4.68 Å². The van der Waals surface area contributed by atoms with E-state index >= 15 is 0 Å². The number of hydrogen-bond donors (Lipinski definition) is 1. The molecule has 0 aliphatic heterocycles. The Morgan fingerprint density at radius 3 is 2.65 bits per heavy atom. The Labute approximate surface area is 120 Å². The highest BCUT2D eigenvalue weighted by molar-refractivity contribution is 5.29. The third kappa shape index (κ3) is 3.81. The van der Waals surface area contributed by atoms with E-state index in [1.807, 2.05) is 30.3 Å². The van der Waals surface area contributed by atoms with E-state index in [1.165, 1.54) is 0 Å². The maximum absolute atomic E-state index is 5.87.